The largest absolute Gasteiger partial charge is 0.497 e. The Hall–Kier alpha value is -4.83. The number of carbonyl (C=O) groups excluding carboxylic acids is 2. The lowest BCUT2D eigenvalue weighted by atomic mass is 10.0. The highest BCUT2D eigenvalue weighted by molar-refractivity contribution is 7.92. The molecule has 0 aliphatic rings. The topological polar surface area (TPSA) is 105 Å². The lowest BCUT2D eigenvalue weighted by Crippen LogP contribution is -2.53. The predicted molar refractivity (Wildman–Crippen MR) is 175 cm³/mol. The van der Waals surface area contributed by atoms with E-state index in [1.165, 1.54) is 17.0 Å². The quantitative estimate of drug-likeness (QED) is 0.197. The van der Waals surface area contributed by atoms with Crippen LogP contribution in [0, 0.1) is 0 Å². The second-order valence-electron chi connectivity index (χ2n) is 10.2. The maximum atomic E-state index is 14.5. The number of amides is 2. The molecule has 0 radical (unpaired) electrons. The first-order chi connectivity index (χ1) is 21.8. The summed E-state index contributed by atoms with van der Waals surface area (Å²) in [5.74, 6) is 0.290. The van der Waals surface area contributed by atoms with Gasteiger partial charge in [-0.25, -0.2) is 8.42 Å². The zero-order valence-electron chi connectivity index (χ0n) is 25.8. The summed E-state index contributed by atoms with van der Waals surface area (Å²) < 4.78 is 40.2. The van der Waals surface area contributed by atoms with Crippen LogP contribution >= 0.6 is 0 Å². The van der Waals surface area contributed by atoms with E-state index in [9.17, 15) is 18.0 Å². The lowest BCUT2D eigenvalue weighted by molar-refractivity contribution is -0.140. The van der Waals surface area contributed by atoms with Crippen molar-refractivity contribution in [3.8, 4) is 11.5 Å². The highest BCUT2D eigenvalue weighted by Gasteiger charge is 2.34. The molecule has 0 aliphatic carbocycles. The summed E-state index contributed by atoms with van der Waals surface area (Å²) in [6.07, 6.45) is 0.233. The minimum Gasteiger partial charge on any atom is -0.497 e. The first-order valence-electron chi connectivity index (χ1n) is 14.8. The van der Waals surface area contributed by atoms with E-state index >= 15 is 0 Å². The molecule has 0 saturated heterocycles. The van der Waals surface area contributed by atoms with E-state index in [1.54, 1.807) is 67.8 Å². The number of methoxy groups -OCH3 is 1. The Kier molecular flexibility index (Phi) is 11.6. The third kappa shape index (κ3) is 8.63. The van der Waals surface area contributed by atoms with Crippen molar-refractivity contribution < 1.29 is 27.5 Å². The van der Waals surface area contributed by atoms with Gasteiger partial charge in [0.25, 0.3) is 10.0 Å². The van der Waals surface area contributed by atoms with E-state index in [-0.39, 0.29) is 29.5 Å². The molecule has 2 amide bonds. The van der Waals surface area contributed by atoms with Crippen molar-refractivity contribution in [2.45, 2.75) is 37.8 Å². The minimum absolute atomic E-state index is 0.0376. The van der Waals surface area contributed by atoms with Gasteiger partial charge in [-0.3, -0.25) is 13.9 Å². The Morgan fingerprint density at radius 3 is 2.07 bits per heavy atom. The van der Waals surface area contributed by atoms with Crippen molar-refractivity contribution in [3.63, 3.8) is 0 Å². The van der Waals surface area contributed by atoms with Gasteiger partial charge in [-0.05, 0) is 73.5 Å². The number of benzene rings is 4. The molecule has 0 aromatic heterocycles. The maximum Gasteiger partial charge on any atom is 0.264 e. The molecule has 0 saturated carbocycles. The summed E-state index contributed by atoms with van der Waals surface area (Å²) >= 11 is 0. The van der Waals surface area contributed by atoms with Crippen LogP contribution in [0.2, 0.25) is 0 Å². The van der Waals surface area contributed by atoms with Crippen LogP contribution in [0.3, 0.4) is 0 Å². The monoisotopic (exact) mass is 629 g/mol. The fourth-order valence-corrected chi connectivity index (χ4v) is 6.37. The lowest BCUT2D eigenvalue weighted by Gasteiger charge is -2.34. The second-order valence-corrected chi connectivity index (χ2v) is 12.1. The number of nitrogens with one attached hydrogen (secondary N) is 1. The van der Waals surface area contributed by atoms with Gasteiger partial charge in [0.05, 0.1) is 24.3 Å². The zero-order valence-corrected chi connectivity index (χ0v) is 26.6. The van der Waals surface area contributed by atoms with Gasteiger partial charge >= 0.3 is 0 Å². The third-order valence-electron chi connectivity index (χ3n) is 7.15. The molecule has 0 spiro atoms. The molecule has 0 bridgehead atoms. The van der Waals surface area contributed by atoms with Gasteiger partial charge in [0, 0.05) is 19.5 Å². The number of sulfonamides is 1. The van der Waals surface area contributed by atoms with Crippen LogP contribution in [0.4, 0.5) is 5.69 Å². The summed E-state index contributed by atoms with van der Waals surface area (Å²) in [7, 11) is -2.63. The number of hydrogen-bond donors (Lipinski definition) is 1. The molecule has 1 atom stereocenters. The second kappa shape index (κ2) is 15.8. The Balaban J connectivity index is 1.79. The number of rotatable bonds is 15. The normalized spacial score (nSPS) is 11.7. The van der Waals surface area contributed by atoms with E-state index in [2.05, 4.69) is 5.32 Å². The molecule has 4 aromatic rings. The first-order valence-corrected chi connectivity index (χ1v) is 16.3. The van der Waals surface area contributed by atoms with Gasteiger partial charge < -0.3 is 19.7 Å². The van der Waals surface area contributed by atoms with E-state index < -0.39 is 28.5 Å². The third-order valence-corrected chi connectivity index (χ3v) is 8.94. The molecule has 0 aliphatic heterocycles. The van der Waals surface area contributed by atoms with Crippen molar-refractivity contribution in [1.29, 1.82) is 0 Å². The standard InChI is InChI=1S/C35H39N3O6S/c1-4-36-35(40)33(24-27-13-8-6-9-14-27)37(25-28-15-12-16-31(23-28)43-3)34(39)26-38(29-19-21-30(22-20-29)44-5-2)45(41,42)32-17-10-7-11-18-32/h6-23,33H,4-5,24-26H2,1-3H3,(H,36,40)/t33-/m0/s1. The summed E-state index contributed by atoms with van der Waals surface area (Å²) in [5, 5.41) is 2.87. The van der Waals surface area contributed by atoms with Gasteiger partial charge in [0.1, 0.15) is 24.1 Å². The maximum absolute atomic E-state index is 14.5. The fraction of sp³-hybridized carbons (Fsp3) is 0.257. The Labute approximate surface area is 265 Å². The fourth-order valence-electron chi connectivity index (χ4n) is 4.94. The SMILES string of the molecule is CCNC(=O)[C@H](Cc1ccccc1)N(Cc1cccc(OC)c1)C(=O)CN(c1ccc(OCC)cc1)S(=O)(=O)c1ccccc1. The highest BCUT2D eigenvalue weighted by Crippen LogP contribution is 2.27. The highest BCUT2D eigenvalue weighted by atomic mass is 32.2. The van der Waals surface area contributed by atoms with Gasteiger partial charge in [-0.1, -0.05) is 60.7 Å². The number of nitrogens with zero attached hydrogens (tertiary/aromatic N) is 2. The van der Waals surface area contributed by atoms with Gasteiger partial charge in [-0.2, -0.15) is 0 Å². The van der Waals surface area contributed by atoms with E-state index in [1.807, 2.05) is 50.2 Å². The average Bonchev–Trinajstić information content (AvgIpc) is 3.06. The molecule has 4 rings (SSSR count). The molecule has 0 fully saturated rings. The molecule has 4 aromatic carbocycles. The number of anilines is 1. The van der Waals surface area contributed by atoms with Crippen molar-refractivity contribution in [3.05, 3.63) is 120 Å². The predicted octanol–water partition coefficient (Wildman–Crippen LogP) is 5.07. The molecule has 45 heavy (non-hydrogen) atoms. The molecule has 236 valence electrons. The van der Waals surface area contributed by atoms with Crippen molar-refractivity contribution in [1.82, 2.24) is 10.2 Å². The number of hydrogen-bond acceptors (Lipinski definition) is 6. The summed E-state index contributed by atoms with van der Waals surface area (Å²) in [6, 6.07) is 30.2. The minimum atomic E-state index is -4.18. The summed E-state index contributed by atoms with van der Waals surface area (Å²) in [4.78, 5) is 29.6. The number of likely N-dealkylation sites (N-methyl/N-ethyl adjacent to an activating group) is 1. The first kappa shape index (κ1) is 33.1. The molecular formula is C35H39N3O6S. The van der Waals surface area contributed by atoms with Crippen LogP contribution in [0.1, 0.15) is 25.0 Å². The molecule has 9 nitrogen and oxygen atoms in total. The van der Waals surface area contributed by atoms with E-state index in [4.69, 9.17) is 9.47 Å². The molecule has 0 heterocycles. The van der Waals surface area contributed by atoms with Gasteiger partial charge in [0.2, 0.25) is 11.8 Å². The summed E-state index contributed by atoms with van der Waals surface area (Å²) in [5.41, 5.74) is 1.87. The average molecular weight is 630 g/mol. The molecule has 10 heteroatoms. The van der Waals surface area contributed by atoms with E-state index in [0.717, 1.165) is 15.4 Å². The molecule has 0 unspecified atom stereocenters. The number of carbonyl (C=O) groups is 2. The van der Waals surface area contributed by atoms with Gasteiger partial charge in [-0.15, -0.1) is 0 Å². The zero-order chi connectivity index (χ0) is 32.2. The van der Waals surface area contributed by atoms with Crippen LogP contribution in [-0.4, -0.2) is 58.0 Å². The van der Waals surface area contributed by atoms with Crippen LogP contribution in [0.25, 0.3) is 0 Å². The Morgan fingerprint density at radius 2 is 1.44 bits per heavy atom. The summed E-state index contributed by atoms with van der Waals surface area (Å²) in [6.45, 7) is 3.99. The van der Waals surface area contributed by atoms with Crippen LogP contribution < -0.4 is 19.1 Å². The Morgan fingerprint density at radius 1 is 0.800 bits per heavy atom. The smallest absolute Gasteiger partial charge is 0.264 e. The molecular weight excluding hydrogens is 590 g/mol. The molecule has 1 N–H and O–H groups in total. The van der Waals surface area contributed by atoms with E-state index in [0.29, 0.717) is 24.7 Å². The van der Waals surface area contributed by atoms with Crippen molar-refractivity contribution >= 4 is 27.5 Å². The van der Waals surface area contributed by atoms with Gasteiger partial charge in [0.15, 0.2) is 0 Å². The van der Waals surface area contributed by atoms with Crippen LogP contribution in [0.5, 0.6) is 11.5 Å². The number of ether oxygens (including phenoxy) is 2. The van der Waals surface area contributed by atoms with Crippen LogP contribution in [0.15, 0.2) is 114 Å². The Bertz CT molecular complexity index is 1650. The van der Waals surface area contributed by atoms with Crippen molar-refractivity contribution in [2.24, 2.45) is 0 Å². The van der Waals surface area contributed by atoms with Crippen molar-refractivity contribution in [2.75, 3.05) is 31.1 Å². The van der Waals surface area contributed by atoms with Crippen LogP contribution in [-0.2, 0) is 32.6 Å².